The number of hydrogen-bond donors (Lipinski definition) is 4. The second-order valence-electron chi connectivity index (χ2n) is 8.50. The van der Waals surface area contributed by atoms with E-state index in [1.54, 1.807) is 36.4 Å². The summed E-state index contributed by atoms with van der Waals surface area (Å²) in [6.07, 6.45) is 4.30. The third-order valence-electron chi connectivity index (χ3n) is 5.85. The molecule has 0 saturated heterocycles. The summed E-state index contributed by atoms with van der Waals surface area (Å²) in [6.45, 7) is 3.94. The van der Waals surface area contributed by atoms with Gasteiger partial charge in [0.25, 0.3) is 10.1 Å². The summed E-state index contributed by atoms with van der Waals surface area (Å²) in [5.74, 6) is 0.521. The number of anilines is 3. The summed E-state index contributed by atoms with van der Waals surface area (Å²) < 4.78 is 64.5. The number of hydrogen-bond acceptors (Lipinski definition) is 11. The van der Waals surface area contributed by atoms with E-state index in [1.165, 1.54) is 36.4 Å². The molecule has 1 aromatic heterocycles. The molecule has 0 unspecified atom stereocenters. The molecule has 0 fully saturated rings. The maximum absolute atomic E-state index is 13.1. The fourth-order valence-corrected chi connectivity index (χ4v) is 5.66. The van der Waals surface area contributed by atoms with E-state index in [0.717, 1.165) is 17.5 Å². The molecule has 0 atom stereocenters. The minimum absolute atomic E-state index is 0. The van der Waals surface area contributed by atoms with Crippen LogP contribution < -0.4 is 21.4 Å². The van der Waals surface area contributed by atoms with Gasteiger partial charge in [-0.2, -0.15) is 16.8 Å². The molecule has 3 aromatic carbocycles. The van der Waals surface area contributed by atoms with E-state index in [1.807, 2.05) is 19.9 Å². The predicted octanol–water partition coefficient (Wildman–Crippen LogP) is 2.32. The van der Waals surface area contributed by atoms with Crippen LogP contribution in [0.25, 0.3) is 12.2 Å². The molecule has 220 valence electrons. The zero-order valence-corrected chi connectivity index (χ0v) is 23.9. The van der Waals surface area contributed by atoms with Crippen molar-refractivity contribution in [2.75, 3.05) is 17.2 Å². The van der Waals surface area contributed by atoms with E-state index < -0.39 is 20.2 Å². The van der Waals surface area contributed by atoms with Gasteiger partial charge >= 0.3 is 69.2 Å². The third kappa shape index (κ3) is 10.3. The van der Waals surface area contributed by atoms with Crippen LogP contribution in [0, 0.1) is 0 Å². The van der Waals surface area contributed by atoms with E-state index in [0.29, 0.717) is 17.7 Å². The summed E-state index contributed by atoms with van der Waals surface area (Å²) in [7, 11) is -8.59. The second-order valence-corrected chi connectivity index (χ2v) is 11.4. The Morgan fingerprint density at radius 1 is 0.744 bits per heavy atom. The van der Waals surface area contributed by atoms with Gasteiger partial charge in [-0.15, -0.1) is 10.2 Å². The third-order valence-corrected chi connectivity index (χ3v) is 8.09. The molecule has 0 bridgehead atoms. The Bertz CT molecular complexity index is 1770. The standard InChI is InChI=1S/C24H24O6S2.C3H6N6.2Na.2H/c1-3-18-12-9-13-22(21(18)4-2)30-32(28,29)24-15-8-6-11-20(24)17-16-19-10-5-7-14-23(19)31(25,26)27;4-1-2(5)7-9-8-3(1)6;;;;/h5-17H,3-4H2,1-2H3,(H,25,26,27);(H2,4,9)(H4,5,6,7,8);;;;/b17-16+;;;;;. The van der Waals surface area contributed by atoms with Crippen molar-refractivity contribution in [2.45, 2.75) is 36.5 Å². The molecule has 0 spiro atoms. The predicted molar refractivity (Wildman–Crippen MR) is 172 cm³/mol. The number of nitrogens with two attached hydrogens (primary N) is 3. The molecule has 0 saturated carbocycles. The summed E-state index contributed by atoms with van der Waals surface area (Å²) >= 11 is 0. The van der Waals surface area contributed by atoms with Gasteiger partial charge in [-0.1, -0.05) is 74.5 Å². The van der Waals surface area contributed by atoms with Gasteiger partial charge in [0, 0.05) is 0 Å². The van der Waals surface area contributed by atoms with Gasteiger partial charge in [0.1, 0.15) is 21.2 Å². The van der Waals surface area contributed by atoms with Crippen molar-refractivity contribution in [2.24, 2.45) is 0 Å². The monoisotopic (exact) mass is 646 g/mol. The maximum atomic E-state index is 13.1. The zero-order valence-electron chi connectivity index (χ0n) is 22.3. The molecule has 0 aliphatic rings. The first kappa shape index (κ1) is 38.5. The van der Waals surface area contributed by atoms with Gasteiger partial charge in [0.05, 0.1) is 0 Å². The first-order valence-electron chi connectivity index (χ1n) is 12.3. The van der Waals surface area contributed by atoms with Crippen molar-refractivity contribution in [3.63, 3.8) is 0 Å². The Balaban J connectivity index is 0.000000721. The quantitative estimate of drug-likeness (QED) is 0.0939. The number of benzene rings is 3. The van der Waals surface area contributed by atoms with Crippen molar-refractivity contribution in [3.8, 4) is 5.75 Å². The van der Waals surface area contributed by atoms with E-state index in [2.05, 4.69) is 15.4 Å². The van der Waals surface area contributed by atoms with Gasteiger partial charge in [-0.25, -0.2) is 0 Å². The number of nitrogen functional groups attached to an aromatic ring is 3. The van der Waals surface area contributed by atoms with Crippen molar-refractivity contribution >= 4 is 109 Å². The Morgan fingerprint density at radius 3 is 1.74 bits per heavy atom. The van der Waals surface area contributed by atoms with Crippen molar-refractivity contribution < 1.29 is 25.6 Å². The topological polar surface area (TPSA) is 214 Å². The van der Waals surface area contributed by atoms with E-state index in [4.69, 9.17) is 21.4 Å². The molecule has 4 rings (SSSR count). The molecule has 0 aliphatic carbocycles. The first-order chi connectivity index (χ1) is 19.4. The van der Waals surface area contributed by atoms with Crippen LogP contribution in [-0.4, -0.2) is 95.9 Å². The molecule has 16 heteroatoms. The summed E-state index contributed by atoms with van der Waals surface area (Å²) in [6, 6.07) is 17.5. The molecule has 4 aromatic rings. The minimum atomic E-state index is -4.43. The van der Waals surface area contributed by atoms with Crippen LogP contribution in [-0.2, 0) is 33.1 Å². The second kappa shape index (κ2) is 17.1. The van der Waals surface area contributed by atoms with E-state index in [-0.39, 0.29) is 91.8 Å². The SMILES string of the molecule is CCc1cccc(OS(=O)(=O)c2ccccc2/C=C/c2ccccc2S(=O)(=O)O)c1CC.Nc1nnnc(N)c1N.[NaH].[NaH]. The van der Waals surface area contributed by atoms with Crippen LogP contribution in [0.5, 0.6) is 5.75 Å². The number of rotatable bonds is 8. The molecule has 0 amide bonds. The number of aryl methyl sites for hydroxylation is 1. The normalized spacial score (nSPS) is 11.0. The van der Waals surface area contributed by atoms with Crippen molar-refractivity contribution in [3.05, 3.63) is 89.0 Å². The van der Waals surface area contributed by atoms with Crippen molar-refractivity contribution in [1.82, 2.24) is 15.4 Å². The molecule has 1 heterocycles. The van der Waals surface area contributed by atoms with Crippen molar-refractivity contribution in [1.29, 1.82) is 0 Å². The van der Waals surface area contributed by atoms with Gasteiger partial charge in [-0.3, -0.25) is 4.55 Å². The molecular formula is C27H32N6Na2O6S2. The van der Waals surface area contributed by atoms with E-state index in [9.17, 15) is 21.4 Å². The molecular weight excluding hydrogens is 614 g/mol. The van der Waals surface area contributed by atoms with Crippen LogP contribution in [0.4, 0.5) is 17.3 Å². The first-order valence-corrected chi connectivity index (χ1v) is 15.1. The van der Waals surface area contributed by atoms with E-state index >= 15 is 0 Å². The van der Waals surface area contributed by atoms with Gasteiger partial charge in [-0.05, 0) is 58.5 Å². The fourth-order valence-electron chi connectivity index (χ4n) is 3.82. The molecule has 12 nitrogen and oxygen atoms in total. The molecule has 43 heavy (non-hydrogen) atoms. The summed E-state index contributed by atoms with van der Waals surface area (Å²) in [4.78, 5) is -0.318. The van der Waals surface area contributed by atoms with Crippen LogP contribution in [0.2, 0.25) is 0 Å². The van der Waals surface area contributed by atoms with Crippen LogP contribution in [0.3, 0.4) is 0 Å². The average molecular weight is 647 g/mol. The Hall–Kier alpha value is -2.53. The molecule has 7 N–H and O–H groups in total. The average Bonchev–Trinajstić information content (AvgIpc) is 2.94. The van der Waals surface area contributed by atoms with Gasteiger partial charge in [0.15, 0.2) is 11.6 Å². The van der Waals surface area contributed by atoms with Gasteiger partial charge < -0.3 is 21.4 Å². The Morgan fingerprint density at radius 2 is 1.26 bits per heavy atom. The van der Waals surface area contributed by atoms with Crippen LogP contribution in [0.15, 0.2) is 76.5 Å². The Labute approximate surface area is 295 Å². The summed E-state index contributed by atoms with van der Waals surface area (Å²) in [5, 5.41) is 9.92. The number of nitrogens with zero attached hydrogens (tertiary/aromatic N) is 3. The zero-order chi connectivity index (χ0) is 30.2. The fraction of sp³-hybridized carbons (Fsp3) is 0.148. The van der Waals surface area contributed by atoms with Crippen LogP contribution in [0.1, 0.15) is 36.1 Å². The van der Waals surface area contributed by atoms with Crippen LogP contribution >= 0.6 is 0 Å². The molecule has 0 aliphatic heterocycles. The number of aromatic nitrogens is 3. The van der Waals surface area contributed by atoms with Gasteiger partial charge in [0.2, 0.25) is 0 Å². The molecule has 0 radical (unpaired) electrons. The summed E-state index contributed by atoms with van der Waals surface area (Å²) in [5.41, 5.74) is 18.3. The Kier molecular flexibility index (Phi) is 15.3.